The van der Waals surface area contributed by atoms with Crippen molar-refractivity contribution in [3.05, 3.63) is 65.9 Å². The third kappa shape index (κ3) is 4.51. The number of methoxy groups -OCH3 is 1. The maximum Gasteiger partial charge on any atom is 0.408 e. The number of hydrogen-bond donors (Lipinski definition) is 2. The second-order valence-electron chi connectivity index (χ2n) is 6.89. The molecular formula is C22H24N2O5. The first-order valence-corrected chi connectivity index (χ1v) is 9.23. The summed E-state index contributed by atoms with van der Waals surface area (Å²) in [6.07, 6.45) is 1.10. The van der Waals surface area contributed by atoms with Gasteiger partial charge >= 0.3 is 12.1 Å². The molecule has 29 heavy (non-hydrogen) atoms. The molecule has 2 N–H and O–H groups in total. The van der Waals surface area contributed by atoms with Crippen molar-refractivity contribution in [2.45, 2.75) is 25.5 Å². The van der Waals surface area contributed by atoms with Gasteiger partial charge in [0.2, 0.25) is 0 Å². The predicted octanol–water partition coefficient (Wildman–Crippen LogP) is 3.67. The van der Waals surface area contributed by atoms with Crippen LogP contribution >= 0.6 is 0 Å². The van der Waals surface area contributed by atoms with E-state index in [0.29, 0.717) is 5.75 Å². The van der Waals surface area contributed by atoms with Gasteiger partial charge in [-0.15, -0.1) is 0 Å². The number of hydrogen-bond acceptors (Lipinski definition) is 4. The van der Waals surface area contributed by atoms with Crippen LogP contribution in [0.25, 0.3) is 10.9 Å². The standard InChI is InChI=1S/C22H24N2O5/c1-14(18-12-24(2)19-10-9-16(28-3)11-17(18)19)20(21(25)26)23-22(27)29-13-15-7-5-4-6-8-15/h4-12,14,20H,13H2,1-3H3,(H,23,27)(H,25,26)/t14-,20-/m1/s1. The smallest absolute Gasteiger partial charge is 0.408 e. The van der Waals surface area contributed by atoms with E-state index in [4.69, 9.17) is 9.47 Å². The lowest BCUT2D eigenvalue weighted by Gasteiger charge is -2.21. The number of carbonyl (C=O) groups is 2. The number of fused-ring (bicyclic) bond motifs is 1. The number of alkyl carbamates (subject to hydrolysis) is 1. The number of carboxylic acids is 1. The largest absolute Gasteiger partial charge is 0.497 e. The first-order valence-electron chi connectivity index (χ1n) is 9.23. The van der Waals surface area contributed by atoms with Gasteiger partial charge < -0.3 is 24.5 Å². The maximum absolute atomic E-state index is 12.2. The molecule has 0 fully saturated rings. The van der Waals surface area contributed by atoms with E-state index in [1.807, 2.05) is 66.3 Å². The molecule has 0 unspecified atom stereocenters. The topological polar surface area (TPSA) is 89.8 Å². The third-order valence-electron chi connectivity index (χ3n) is 4.97. The Balaban J connectivity index is 1.79. The number of nitrogens with zero attached hydrogens (tertiary/aromatic N) is 1. The van der Waals surface area contributed by atoms with Gasteiger partial charge in [0.1, 0.15) is 18.4 Å². The fourth-order valence-electron chi connectivity index (χ4n) is 3.36. The van der Waals surface area contributed by atoms with Crippen molar-refractivity contribution in [3.63, 3.8) is 0 Å². The highest BCUT2D eigenvalue weighted by molar-refractivity contribution is 5.88. The van der Waals surface area contributed by atoms with Gasteiger partial charge in [0, 0.05) is 30.1 Å². The molecule has 0 spiro atoms. The van der Waals surface area contributed by atoms with Crippen LogP contribution in [-0.2, 0) is 23.2 Å². The van der Waals surface area contributed by atoms with Crippen LogP contribution in [-0.4, -0.2) is 34.9 Å². The van der Waals surface area contributed by atoms with Crippen molar-refractivity contribution >= 4 is 23.0 Å². The van der Waals surface area contributed by atoms with Crippen molar-refractivity contribution in [2.24, 2.45) is 7.05 Å². The van der Waals surface area contributed by atoms with E-state index >= 15 is 0 Å². The summed E-state index contributed by atoms with van der Waals surface area (Å²) >= 11 is 0. The van der Waals surface area contributed by atoms with Gasteiger partial charge in [-0.1, -0.05) is 37.3 Å². The number of carboxylic acid groups (broad SMARTS) is 1. The lowest BCUT2D eigenvalue weighted by molar-refractivity contribution is -0.139. The van der Waals surface area contributed by atoms with Gasteiger partial charge in [0.05, 0.1) is 7.11 Å². The predicted molar refractivity (Wildman–Crippen MR) is 109 cm³/mol. The second-order valence-corrected chi connectivity index (χ2v) is 6.89. The van der Waals surface area contributed by atoms with Crippen LogP contribution in [0, 0.1) is 0 Å². The summed E-state index contributed by atoms with van der Waals surface area (Å²) in [4.78, 5) is 24.1. The quantitative estimate of drug-likeness (QED) is 0.636. The highest BCUT2D eigenvalue weighted by atomic mass is 16.5. The molecule has 7 nitrogen and oxygen atoms in total. The number of aliphatic carboxylic acids is 1. The molecule has 152 valence electrons. The molecule has 0 radical (unpaired) electrons. The molecule has 0 saturated heterocycles. The van der Waals surface area contributed by atoms with E-state index in [2.05, 4.69) is 5.32 Å². The number of aromatic nitrogens is 1. The average Bonchev–Trinajstić information content (AvgIpc) is 3.06. The van der Waals surface area contributed by atoms with E-state index in [0.717, 1.165) is 22.0 Å². The molecule has 0 saturated carbocycles. The summed E-state index contributed by atoms with van der Waals surface area (Å²) in [5.41, 5.74) is 2.57. The zero-order chi connectivity index (χ0) is 21.0. The minimum absolute atomic E-state index is 0.0683. The summed E-state index contributed by atoms with van der Waals surface area (Å²) in [5.74, 6) is -0.944. The van der Waals surface area contributed by atoms with E-state index in [1.54, 1.807) is 14.0 Å². The molecule has 0 aliphatic rings. The molecule has 2 aromatic carbocycles. The maximum atomic E-state index is 12.2. The first kappa shape index (κ1) is 20.3. The zero-order valence-corrected chi connectivity index (χ0v) is 16.6. The molecule has 1 amide bonds. The van der Waals surface area contributed by atoms with Crippen LogP contribution in [0.2, 0.25) is 0 Å². The Morgan fingerprint density at radius 2 is 1.90 bits per heavy atom. The van der Waals surface area contributed by atoms with Crippen molar-refractivity contribution < 1.29 is 24.2 Å². The molecule has 3 aromatic rings. The minimum atomic E-state index is -1.14. The zero-order valence-electron chi connectivity index (χ0n) is 16.6. The average molecular weight is 396 g/mol. The number of aryl methyl sites for hydroxylation is 1. The van der Waals surface area contributed by atoms with E-state index < -0.39 is 24.0 Å². The Bertz CT molecular complexity index is 1010. The summed E-state index contributed by atoms with van der Waals surface area (Å²) in [6.45, 7) is 1.84. The van der Waals surface area contributed by atoms with Crippen LogP contribution in [0.1, 0.15) is 24.0 Å². The van der Waals surface area contributed by atoms with Gasteiger partial charge in [-0.05, 0) is 29.3 Å². The Labute approximate surface area is 168 Å². The summed E-state index contributed by atoms with van der Waals surface area (Å²) in [7, 11) is 3.47. The normalized spacial score (nSPS) is 12.9. The van der Waals surface area contributed by atoms with Crippen LogP contribution in [0.4, 0.5) is 4.79 Å². The fraction of sp³-hybridized carbons (Fsp3) is 0.273. The lowest BCUT2D eigenvalue weighted by atomic mass is 9.93. The number of amides is 1. The number of carbonyl (C=O) groups excluding carboxylic acids is 1. The van der Waals surface area contributed by atoms with Crippen LogP contribution < -0.4 is 10.1 Å². The first-order chi connectivity index (χ1) is 13.9. The molecule has 3 rings (SSSR count). The van der Waals surface area contributed by atoms with E-state index in [1.165, 1.54) is 0 Å². The number of benzene rings is 2. The molecule has 7 heteroatoms. The number of ether oxygens (including phenoxy) is 2. The molecular weight excluding hydrogens is 372 g/mol. The Kier molecular flexibility index (Phi) is 6.07. The van der Waals surface area contributed by atoms with E-state index in [9.17, 15) is 14.7 Å². The van der Waals surface area contributed by atoms with Crippen LogP contribution in [0.15, 0.2) is 54.7 Å². The van der Waals surface area contributed by atoms with E-state index in [-0.39, 0.29) is 6.61 Å². The molecule has 0 aliphatic heterocycles. The Morgan fingerprint density at radius 3 is 2.55 bits per heavy atom. The SMILES string of the molecule is COc1ccc2c(c1)c([C@@H](C)[C@@H](NC(=O)OCc1ccccc1)C(=O)O)cn2C. The van der Waals surface area contributed by atoms with Crippen LogP contribution in [0.3, 0.4) is 0 Å². The molecule has 1 aromatic heterocycles. The van der Waals surface area contributed by atoms with Gasteiger partial charge in [0.15, 0.2) is 0 Å². The van der Waals surface area contributed by atoms with Gasteiger partial charge in [-0.2, -0.15) is 0 Å². The highest BCUT2D eigenvalue weighted by Crippen LogP contribution is 2.32. The number of rotatable bonds is 7. The number of nitrogens with one attached hydrogen (secondary N) is 1. The van der Waals surface area contributed by atoms with Crippen molar-refractivity contribution in [2.75, 3.05) is 7.11 Å². The summed E-state index contributed by atoms with van der Waals surface area (Å²) in [6, 6.07) is 13.7. The fourth-order valence-corrected chi connectivity index (χ4v) is 3.36. The second kappa shape index (κ2) is 8.68. The summed E-state index contributed by atoms with van der Waals surface area (Å²) < 4.78 is 12.4. The molecule has 0 aliphatic carbocycles. The Morgan fingerprint density at radius 1 is 1.17 bits per heavy atom. The van der Waals surface area contributed by atoms with Gasteiger partial charge in [-0.25, -0.2) is 9.59 Å². The van der Waals surface area contributed by atoms with Crippen molar-refractivity contribution in [3.8, 4) is 5.75 Å². The third-order valence-corrected chi connectivity index (χ3v) is 4.97. The minimum Gasteiger partial charge on any atom is -0.497 e. The monoisotopic (exact) mass is 396 g/mol. The van der Waals surface area contributed by atoms with Crippen LogP contribution in [0.5, 0.6) is 5.75 Å². The Hall–Kier alpha value is -3.48. The van der Waals surface area contributed by atoms with Gasteiger partial charge in [-0.3, -0.25) is 0 Å². The summed E-state index contributed by atoms with van der Waals surface area (Å²) in [5, 5.41) is 13.1. The molecule has 2 atom stereocenters. The molecule has 0 bridgehead atoms. The lowest BCUT2D eigenvalue weighted by Crippen LogP contribution is -2.44. The highest BCUT2D eigenvalue weighted by Gasteiger charge is 2.30. The molecule has 1 heterocycles. The van der Waals surface area contributed by atoms with Crippen molar-refractivity contribution in [1.82, 2.24) is 9.88 Å². The van der Waals surface area contributed by atoms with Crippen molar-refractivity contribution in [1.29, 1.82) is 0 Å². The van der Waals surface area contributed by atoms with Gasteiger partial charge in [0.25, 0.3) is 0 Å².